The third kappa shape index (κ3) is 3.15. The molecule has 0 atom stereocenters. The second-order valence-electron chi connectivity index (χ2n) is 4.64. The normalized spacial score (nSPS) is 10.4. The number of carbonyl (C=O) groups excluding carboxylic acids is 2. The highest BCUT2D eigenvalue weighted by molar-refractivity contribution is 5.96. The van der Waals surface area contributed by atoms with E-state index in [0.29, 0.717) is 11.3 Å². The van der Waals surface area contributed by atoms with Gasteiger partial charge in [-0.2, -0.15) is 0 Å². The molecular formula is C17H13NO4. The molecule has 0 radical (unpaired) electrons. The second-order valence-corrected chi connectivity index (χ2v) is 4.64. The van der Waals surface area contributed by atoms with Crippen molar-refractivity contribution < 1.29 is 18.7 Å². The highest BCUT2D eigenvalue weighted by atomic mass is 16.5. The van der Waals surface area contributed by atoms with Crippen LogP contribution in [0.1, 0.15) is 10.6 Å². The van der Waals surface area contributed by atoms with Gasteiger partial charge in [0.05, 0.1) is 0 Å². The van der Waals surface area contributed by atoms with Crippen LogP contribution >= 0.6 is 0 Å². The van der Waals surface area contributed by atoms with Gasteiger partial charge < -0.3 is 14.5 Å². The van der Waals surface area contributed by atoms with Crippen LogP contribution in [0.15, 0.2) is 65.1 Å². The van der Waals surface area contributed by atoms with Crippen LogP contribution in [-0.4, -0.2) is 18.5 Å². The molecule has 1 heterocycles. The van der Waals surface area contributed by atoms with Crippen LogP contribution in [0, 0.1) is 0 Å². The van der Waals surface area contributed by atoms with Gasteiger partial charge in [-0.3, -0.25) is 4.79 Å². The zero-order valence-electron chi connectivity index (χ0n) is 11.6. The second kappa shape index (κ2) is 6.13. The molecule has 0 spiro atoms. The minimum atomic E-state index is -0.667. The quantitative estimate of drug-likeness (QED) is 0.750. The number of fused-ring (bicyclic) bond motifs is 1. The largest absolute Gasteiger partial charge is 0.450 e. The average molecular weight is 295 g/mol. The van der Waals surface area contributed by atoms with Crippen molar-refractivity contribution in [3.8, 4) is 0 Å². The maximum absolute atomic E-state index is 11.9. The molecule has 0 aliphatic heterocycles. The average Bonchev–Trinajstić information content (AvgIpc) is 2.98. The van der Waals surface area contributed by atoms with Crippen molar-refractivity contribution >= 4 is 28.5 Å². The number of furan rings is 1. The van der Waals surface area contributed by atoms with Crippen molar-refractivity contribution in [1.29, 1.82) is 0 Å². The van der Waals surface area contributed by atoms with Crippen LogP contribution in [0.3, 0.4) is 0 Å². The van der Waals surface area contributed by atoms with Gasteiger partial charge >= 0.3 is 5.97 Å². The molecule has 0 saturated carbocycles. The fourth-order valence-electron chi connectivity index (χ4n) is 2.00. The van der Waals surface area contributed by atoms with Gasteiger partial charge in [0.2, 0.25) is 5.76 Å². The topological polar surface area (TPSA) is 68.5 Å². The van der Waals surface area contributed by atoms with Crippen molar-refractivity contribution in [2.75, 3.05) is 11.9 Å². The van der Waals surface area contributed by atoms with Crippen molar-refractivity contribution in [2.45, 2.75) is 0 Å². The van der Waals surface area contributed by atoms with E-state index in [2.05, 4.69) is 5.32 Å². The Balaban J connectivity index is 1.59. The number of rotatable bonds is 4. The summed E-state index contributed by atoms with van der Waals surface area (Å²) in [6, 6.07) is 17.8. The summed E-state index contributed by atoms with van der Waals surface area (Å²) < 4.78 is 10.3. The molecule has 2 aromatic carbocycles. The molecule has 5 nitrogen and oxygen atoms in total. The number of hydrogen-bond donors (Lipinski definition) is 1. The lowest BCUT2D eigenvalue weighted by Gasteiger charge is -2.05. The molecule has 1 N–H and O–H groups in total. The monoisotopic (exact) mass is 295 g/mol. The summed E-state index contributed by atoms with van der Waals surface area (Å²) in [5.74, 6) is -0.996. The number of carbonyl (C=O) groups is 2. The first kappa shape index (κ1) is 13.9. The maximum Gasteiger partial charge on any atom is 0.374 e. The Morgan fingerprint density at radius 2 is 1.73 bits per heavy atom. The van der Waals surface area contributed by atoms with Gasteiger partial charge in [-0.15, -0.1) is 0 Å². The molecule has 0 unspecified atom stereocenters. The Hall–Kier alpha value is -3.08. The highest BCUT2D eigenvalue weighted by Gasteiger charge is 2.15. The summed E-state index contributed by atoms with van der Waals surface area (Å²) in [6.07, 6.45) is 0. The van der Waals surface area contributed by atoms with Crippen molar-refractivity contribution in [3.63, 3.8) is 0 Å². The molecule has 5 heteroatoms. The predicted octanol–water partition coefficient (Wildman–Crippen LogP) is 3.23. The molecule has 1 amide bonds. The standard InChI is InChI=1S/C17H13NO4/c19-16(18-13-7-2-1-3-8-13)11-21-17(20)15-10-12-6-4-5-9-14(12)22-15/h1-10H,11H2,(H,18,19). The lowest BCUT2D eigenvalue weighted by atomic mass is 10.2. The number of amides is 1. The van der Waals surface area contributed by atoms with Crippen molar-refractivity contribution in [3.05, 3.63) is 66.4 Å². The molecule has 0 fully saturated rings. The molecule has 0 bridgehead atoms. The molecule has 110 valence electrons. The summed E-state index contributed by atoms with van der Waals surface area (Å²) in [5, 5.41) is 3.44. The van der Waals surface area contributed by atoms with Gasteiger partial charge in [0.15, 0.2) is 6.61 Å². The fraction of sp³-hybridized carbons (Fsp3) is 0.0588. The van der Waals surface area contributed by atoms with E-state index in [1.54, 1.807) is 36.4 Å². The molecule has 0 aliphatic rings. The zero-order chi connectivity index (χ0) is 15.4. The smallest absolute Gasteiger partial charge is 0.374 e. The minimum Gasteiger partial charge on any atom is -0.450 e. The first-order valence-corrected chi connectivity index (χ1v) is 6.73. The van der Waals surface area contributed by atoms with Crippen LogP contribution < -0.4 is 5.32 Å². The summed E-state index contributed by atoms with van der Waals surface area (Å²) in [6.45, 7) is -0.370. The van der Waals surface area contributed by atoms with Gasteiger partial charge in [0.25, 0.3) is 5.91 Å². The van der Waals surface area contributed by atoms with E-state index in [-0.39, 0.29) is 12.4 Å². The molecule has 3 aromatic rings. The molecule has 0 aliphatic carbocycles. The van der Waals surface area contributed by atoms with E-state index < -0.39 is 11.9 Å². The van der Waals surface area contributed by atoms with Crippen LogP contribution in [-0.2, 0) is 9.53 Å². The van der Waals surface area contributed by atoms with Crippen molar-refractivity contribution in [2.24, 2.45) is 0 Å². The summed E-state index contributed by atoms with van der Waals surface area (Å²) in [7, 11) is 0. The molecule has 0 saturated heterocycles. The highest BCUT2D eigenvalue weighted by Crippen LogP contribution is 2.19. The number of hydrogen-bond acceptors (Lipinski definition) is 4. The number of nitrogens with one attached hydrogen (secondary N) is 1. The zero-order valence-corrected chi connectivity index (χ0v) is 11.6. The summed E-state index contributed by atoms with van der Waals surface area (Å²) in [5.41, 5.74) is 1.25. The van der Waals surface area contributed by atoms with Crippen LogP contribution in [0.4, 0.5) is 5.69 Å². The van der Waals surface area contributed by atoms with Crippen LogP contribution in [0.5, 0.6) is 0 Å². The molecule has 22 heavy (non-hydrogen) atoms. The first-order valence-electron chi connectivity index (χ1n) is 6.73. The van der Waals surface area contributed by atoms with Gasteiger partial charge in [-0.05, 0) is 24.3 Å². The van der Waals surface area contributed by atoms with Gasteiger partial charge in [0, 0.05) is 11.1 Å². The third-order valence-corrected chi connectivity index (χ3v) is 3.02. The number of ether oxygens (including phenoxy) is 1. The van der Waals surface area contributed by atoms with Gasteiger partial charge in [0.1, 0.15) is 5.58 Å². The molecule has 3 rings (SSSR count). The third-order valence-electron chi connectivity index (χ3n) is 3.02. The minimum absolute atomic E-state index is 0.0775. The van der Waals surface area contributed by atoms with E-state index in [1.807, 2.05) is 24.3 Å². The van der Waals surface area contributed by atoms with Crippen LogP contribution in [0.2, 0.25) is 0 Å². The number of para-hydroxylation sites is 2. The first-order chi connectivity index (χ1) is 10.7. The number of anilines is 1. The lowest BCUT2D eigenvalue weighted by Crippen LogP contribution is -2.20. The predicted molar refractivity (Wildman–Crippen MR) is 81.6 cm³/mol. The van der Waals surface area contributed by atoms with Crippen LogP contribution in [0.25, 0.3) is 11.0 Å². The van der Waals surface area contributed by atoms with E-state index in [4.69, 9.17) is 9.15 Å². The van der Waals surface area contributed by atoms with Gasteiger partial charge in [-0.25, -0.2) is 4.79 Å². The Morgan fingerprint density at radius 1 is 1.00 bits per heavy atom. The van der Waals surface area contributed by atoms with E-state index in [9.17, 15) is 9.59 Å². The fourth-order valence-corrected chi connectivity index (χ4v) is 2.00. The molecular weight excluding hydrogens is 282 g/mol. The summed E-state index contributed by atoms with van der Waals surface area (Å²) >= 11 is 0. The Bertz CT molecular complexity index is 775. The Labute approximate surface area is 126 Å². The Kier molecular flexibility index (Phi) is 3.87. The Morgan fingerprint density at radius 3 is 2.50 bits per heavy atom. The number of benzene rings is 2. The SMILES string of the molecule is O=C(COC(=O)c1cc2ccccc2o1)Nc1ccccc1. The van der Waals surface area contributed by atoms with Gasteiger partial charge in [-0.1, -0.05) is 36.4 Å². The number of esters is 1. The maximum atomic E-state index is 11.9. The molecule has 1 aromatic heterocycles. The van der Waals surface area contributed by atoms with E-state index >= 15 is 0 Å². The van der Waals surface area contributed by atoms with E-state index in [0.717, 1.165) is 5.39 Å². The van der Waals surface area contributed by atoms with Crippen molar-refractivity contribution in [1.82, 2.24) is 0 Å². The lowest BCUT2D eigenvalue weighted by molar-refractivity contribution is -0.119. The summed E-state index contributed by atoms with van der Waals surface area (Å²) in [4.78, 5) is 23.6. The van der Waals surface area contributed by atoms with E-state index in [1.165, 1.54) is 0 Å².